The maximum atomic E-state index is 12.0. The van der Waals surface area contributed by atoms with E-state index in [2.05, 4.69) is 26.6 Å². The number of furan rings is 1. The van der Waals surface area contributed by atoms with E-state index in [1.165, 1.54) is 11.3 Å². The third-order valence-corrected chi connectivity index (χ3v) is 3.97. The second kappa shape index (κ2) is 9.17. The van der Waals surface area contributed by atoms with Crippen LogP contribution in [0.1, 0.15) is 23.4 Å². The Balaban J connectivity index is 0.00000242. The van der Waals surface area contributed by atoms with Gasteiger partial charge < -0.3 is 20.0 Å². The molecule has 2 N–H and O–H groups in total. The lowest BCUT2D eigenvalue weighted by molar-refractivity contribution is -0.121. The van der Waals surface area contributed by atoms with Crippen LogP contribution in [0.25, 0.3) is 0 Å². The van der Waals surface area contributed by atoms with Crippen molar-refractivity contribution in [1.82, 2.24) is 15.5 Å². The van der Waals surface area contributed by atoms with E-state index in [0.717, 1.165) is 19.5 Å². The molecule has 0 saturated carbocycles. The summed E-state index contributed by atoms with van der Waals surface area (Å²) in [6.07, 6.45) is 2.14. The maximum absolute atomic E-state index is 12.0. The molecule has 1 aliphatic heterocycles. The Labute approximate surface area is 144 Å². The quantitative estimate of drug-likeness (QED) is 0.769. The highest BCUT2D eigenvalue weighted by atomic mass is 79.9. The van der Waals surface area contributed by atoms with Crippen molar-refractivity contribution in [2.24, 2.45) is 5.92 Å². The zero-order chi connectivity index (χ0) is 15.2. The normalized spacial score (nSPS) is 16.9. The molecule has 0 aliphatic carbocycles. The van der Waals surface area contributed by atoms with Gasteiger partial charge in [0, 0.05) is 13.6 Å². The van der Waals surface area contributed by atoms with E-state index in [4.69, 9.17) is 4.42 Å². The van der Waals surface area contributed by atoms with Crippen molar-refractivity contribution in [2.75, 3.05) is 33.2 Å². The second-order valence-electron chi connectivity index (χ2n) is 5.26. The number of nitrogens with zero attached hydrogens (tertiary/aromatic N) is 1. The molecule has 1 fully saturated rings. The summed E-state index contributed by atoms with van der Waals surface area (Å²) in [5.41, 5.74) is 0. The average molecular weight is 395 g/mol. The zero-order valence-electron chi connectivity index (χ0n) is 12.4. The molecule has 1 saturated heterocycles. The third-order valence-electron chi connectivity index (χ3n) is 3.55. The fourth-order valence-electron chi connectivity index (χ4n) is 2.34. The van der Waals surface area contributed by atoms with Crippen LogP contribution in [-0.4, -0.2) is 49.9 Å². The summed E-state index contributed by atoms with van der Waals surface area (Å²) in [7, 11) is 1.58. The van der Waals surface area contributed by atoms with E-state index in [-0.39, 0.29) is 36.5 Å². The van der Waals surface area contributed by atoms with Gasteiger partial charge in [0.2, 0.25) is 5.91 Å². The Hall–Kier alpha value is -1.05. The van der Waals surface area contributed by atoms with Gasteiger partial charge in [0.15, 0.2) is 10.4 Å². The van der Waals surface area contributed by atoms with E-state index in [1.807, 2.05) is 0 Å². The van der Waals surface area contributed by atoms with Crippen molar-refractivity contribution in [3.05, 3.63) is 22.6 Å². The lowest BCUT2D eigenvalue weighted by atomic mass is 10.1. The lowest BCUT2D eigenvalue weighted by Gasteiger charge is -2.16. The predicted molar refractivity (Wildman–Crippen MR) is 89.2 cm³/mol. The number of carbonyl (C=O) groups is 2. The van der Waals surface area contributed by atoms with Crippen LogP contribution in [0.3, 0.4) is 0 Å². The first-order valence-corrected chi connectivity index (χ1v) is 7.84. The molecule has 2 amide bonds. The van der Waals surface area contributed by atoms with Gasteiger partial charge in [-0.25, -0.2) is 0 Å². The number of likely N-dealkylation sites (N-methyl/N-ethyl adjacent to an activating group) is 1. The first-order chi connectivity index (χ1) is 10.1. The Morgan fingerprint density at radius 3 is 2.86 bits per heavy atom. The second-order valence-corrected chi connectivity index (χ2v) is 6.04. The van der Waals surface area contributed by atoms with Crippen LogP contribution in [-0.2, 0) is 4.79 Å². The molecule has 22 heavy (non-hydrogen) atoms. The number of carbonyl (C=O) groups excluding carboxylic acids is 2. The van der Waals surface area contributed by atoms with E-state index in [0.29, 0.717) is 17.1 Å². The SMILES string of the molecule is CN(CC(=O)NCCC1CCNC1)C(=O)c1ccc(Br)o1.Cl. The summed E-state index contributed by atoms with van der Waals surface area (Å²) in [5.74, 6) is 0.401. The summed E-state index contributed by atoms with van der Waals surface area (Å²) >= 11 is 3.15. The molecule has 6 nitrogen and oxygen atoms in total. The van der Waals surface area contributed by atoms with Crippen molar-refractivity contribution in [3.8, 4) is 0 Å². The summed E-state index contributed by atoms with van der Waals surface area (Å²) in [4.78, 5) is 25.2. The first kappa shape index (κ1) is 19.0. The Kier molecular flexibility index (Phi) is 7.92. The van der Waals surface area contributed by atoms with Gasteiger partial charge in [-0.3, -0.25) is 9.59 Å². The molecule has 124 valence electrons. The minimum atomic E-state index is -0.309. The average Bonchev–Trinajstić information content (AvgIpc) is 3.09. The van der Waals surface area contributed by atoms with Crippen molar-refractivity contribution >= 4 is 40.2 Å². The molecular formula is C14H21BrClN3O3. The van der Waals surface area contributed by atoms with Gasteiger partial charge in [0.05, 0.1) is 6.54 Å². The van der Waals surface area contributed by atoms with Crippen LogP contribution < -0.4 is 10.6 Å². The fourth-order valence-corrected chi connectivity index (χ4v) is 2.64. The fraction of sp³-hybridized carbons (Fsp3) is 0.571. The van der Waals surface area contributed by atoms with Crippen molar-refractivity contribution in [2.45, 2.75) is 12.8 Å². The Bertz CT molecular complexity index is 503. The van der Waals surface area contributed by atoms with Gasteiger partial charge in [-0.2, -0.15) is 0 Å². The van der Waals surface area contributed by atoms with Crippen LogP contribution in [0.15, 0.2) is 21.2 Å². The molecule has 0 aromatic carbocycles. The Morgan fingerprint density at radius 2 is 2.27 bits per heavy atom. The summed E-state index contributed by atoms with van der Waals surface area (Å²) < 4.78 is 5.68. The summed E-state index contributed by atoms with van der Waals surface area (Å²) in [6.45, 7) is 2.77. The third kappa shape index (κ3) is 5.62. The van der Waals surface area contributed by atoms with Gasteiger partial charge in [0.1, 0.15) is 0 Å². The minimum Gasteiger partial charge on any atom is -0.444 e. The maximum Gasteiger partial charge on any atom is 0.289 e. The van der Waals surface area contributed by atoms with Gasteiger partial charge in [-0.1, -0.05) is 0 Å². The monoisotopic (exact) mass is 393 g/mol. The standard InChI is InChI=1S/C14H20BrN3O3.ClH/c1-18(14(20)11-2-3-12(15)21-11)9-13(19)17-7-5-10-4-6-16-8-10;/h2-3,10,16H,4-9H2,1H3,(H,17,19);1H. The first-order valence-electron chi connectivity index (χ1n) is 7.04. The van der Waals surface area contributed by atoms with Gasteiger partial charge in [-0.05, 0) is 59.9 Å². The van der Waals surface area contributed by atoms with E-state index >= 15 is 0 Å². The molecule has 0 spiro atoms. The van der Waals surface area contributed by atoms with Crippen LogP contribution in [0.5, 0.6) is 0 Å². The number of hydrogen-bond donors (Lipinski definition) is 2. The predicted octanol–water partition coefficient (Wildman–Crippen LogP) is 1.65. The highest BCUT2D eigenvalue weighted by Gasteiger charge is 2.18. The summed E-state index contributed by atoms with van der Waals surface area (Å²) in [6, 6.07) is 3.23. The van der Waals surface area contributed by atoms with Crippen LogP contribution >= 0.6 is 28.3 Å². The molecule has 1 unspecified atom stereocenters. The topological polar surface area (TPSA) is 74.6 Å². The number of amides is 2. The van der Waals surface area contributed by atoms with Gasteiger partial charge in [0.25, 0.3) is 5.91 Å². The smallest absolute Gasteiger partial charge is 0.289 e. The molecular weight excluding hydrogens is 374 g/mol. The molecule has 0 bridgehead atoms. The molecule has 2 heterocycles. The van der Waals surface area contributed by atoms with Crippen molar-refractivity contribution in [1.29, 1.82) is 0 Å². The number of hydrogen-bond acceptors (Lipinski definition) is 4. The van der Waals surface area contributed by atoms with Crippen LogP contribution in [0.2, 0.25) is 0 Å². The highest BCUT2D eigenvalue weighted by Crippen LogP contribution is 2.15. The molecule has 2 rings (SSSR count). The molecule has 1 aromatic rings. The lowest BCUT2D eigenvalue weighted by Crippen LogP contribution is -2.38. The Morgan fingerprint density at radius 1 is 1.50 bits per heavy atom. The minimum absolute atomic E-state index is 0. The molecule has 1 aliphatic rings. The van der Waals surface area contributed by atoms with E-state index in [9.17, 15) is 9.59 Å². The van der Waals surface area contributed by atoms with Gasteiger partial charge >= 0.3 is 0 Å². The summed E-state index contributed by atoms with van der Waals surface area (Å²) in [5, 5.41) is 6.15. The molecule has 0 radical (unpaired) electrons. The number of nitrogens with one attached hydrogen (secondary N) is 2. The van der Waals surface area contributed by atoms with Gasteiger partial charge in [-0.15, -0.1) is 12.4 Å². The molecule has 1 atom stereocenters. The molecule has 1 aromatic heterocycles. The number of halogens is 2. The van der Waals surface area contributed by atoms with Crippen LogP contribution in [0, 0.1) is 5.92 Å². The number of rotatable bonds is 6. The largest absolute Gasteiger partial charge is 0.444 e. The van der Waals surface area contributed by atoms with Crippen molar-refractivity contribution < 1.29 is 14.0 Å². The zero-order valence-corrected chi connectivity index (χ0v) is 14.8. The van der Waals surface area contributed by atoms with E-state index < -0.39 is 0 Å². The highest BCUT2D eigenvalue weighted by molar-refractivity contribution is 9.10. The molecule has 8 heteroatoms. The van der Waals surface area contributed by atoms with E-state index in [1.54, 1.807) is 19.2 Å². The van der Waals surface area contributed by atoms with Crippen LogP contribution in [0.4, 0.5) is 0 Å². The van der Waals surface area contributed by atoms with Crippen molar-refractivity contribution in [3.63, 3.8) is 0 Å².